The van der Waals surface area contributed by atoms with Crippen LogP contribution in [0.5, 0.6) is 0 Å². The highest BCUT2D eigenvalue weighted by Gasteiger charge is 2.22. The second-order valence-corrected chi connectivity index (χ2v) is 5.74. The predicted molar refractivity (Wildman–Crippen MR) is 63.0 cm³/mol. The van der Waals surface area contributed by atoms with E-state index in [4.69, 9.17) is 9.62 Å². The normalized spacial score (nSPS) is 26.2. The second-order valence-electron chi connectivity index (χ2n) is 4.12. The van der Waals surface area contributed by atoms with Crippen molar-refractivity contribution < 1.29 is 19.3 Å². The number of nitrogens with two attached hydrogens (primary N) is 1. The van der Waals surface area contributed by atoms with E-state index in [0.29, 0.717) is 23.9 Å². The van der Waals surface area contributed by atoms with E-state index in [0.717, 1.165) is 17.8 Å². The number of rotatable bonds is 4. The van der Waals surface area contributed by atoms with E-state index in [1.165, 1.54) is 0 Å². The van der Waals surface area contributed by atoms with Gasteiger partial charge in [0.15, 0.2) is 0 Å². The minimum absolute atomic E-state index is 0.267. The molecule has 1 saturated heterocycles. The van der Waals surface area contributed by atoms with Crippen LogP contribution in [0.15, 0.2) is 16.5 Å². The molecule has 2 rings (SSSR count). The number of hydrazine groups is 1. The summed E-state index contributed by atoms with van der Waals surface area (Å²) in [5.41, 5.74) is 4.20. The Hall–Kier alpha value is -0.730. The minimum atomic E-state index is -0.680. The lowest BCUT2D eigenvalue weighted by Crippen LogP contribution is -2.73. The van der Waals surface area contributed by atoms with Gasteiger partial charge >= 0.3 is 5.88 Å². The molecule has 0 saturated carbocycles. The van der Waals surface area contributed by atoms with Gasteiger partial charge in [-0.3, -0.25) is 4.21 Å². The molecule has 1 aromatic heterocycles. The first-order valence-electron chi connectivity index (χ1n) is 5.60. The Labute approximate surface area is 102 Å². The molecule has 1 aromatic rings. The zero-order valence-corrected chi connectivity index (χ0v) is 10.6. The molecule has 0 aliphatic carbocycles. The average molecular weight is 260 g/mol. The largest absolute Gasteiger partial charge is 0.414 e. The van der Waals surface area contributed by atoms with Gasteiger partial charge in [0, 0.05) is 41.0 Å². The topological polar surface area (TPSA) is 82.3 Å². The van der Waals surface area contributed by atoms with Crippen LogP contribution in [0.2, 0.25) is 0 Å². The molecule has 1 fully saturated rings. The first-order valence-corrected chi connectivity index (χ1v) is 7.09. The average Bonchev–Trinajstić information content (AvgIpc) is 2.76. The summed E-state index contributed by atoms with van der Waals surface area (Å²) in [6.07, 6.45) is 0. The highest BCUT2D eigenvalue weighted by atomic mass is 32.2. The molecule has 0 aromatic carbocycles. The molecule has 2 heterocycles. The van der Waals surface area contributed by atoms with Crippen LogP contribution < -0.4 is 10.9 Å². The molecule has 96 valence electrons. The van der Waals surface area contributed by atoms with E-state index in [2.05, 4.69) is 17.4 Å². The molecule has 17 heavy (non-hydrogen) atoms. The molecule has 2 atom stereocenters. The zero-order chi connectivity index (χ0) is 12.3. The van der Waals surface area contributed by atoms with E-state index in [-0.39, 0.29) is 6.04 Å². The van der Waals surface area contributed by atoms with Crippen molar-refractivity contribution in [3.05, 3.63) is 17.9 Å². The van der Waals surface area contributed by atoms with Crippen molar-refractivity contribution >= 4 is 16.7 Å². The monoisotopic (exact) mass is 260 g/mol. The number of nitrogens with one attached hydrogen (secondary N) is 1. The second kappa shape index (κ2) is 5.74. The van der Waals surface area contributed by atoms with Gasteiger partial charge in [0.2, 0.25) is 0 Å². The van der Waals surface area contributed by atoms with Crippen LogP contribution in [0.25, 0.3) is 0 Å². The van der Waals surface area contributed by atoms with Crippen LogP contribution in [-0.4, -0.2) is 38.5 Å². The van der Waals surface area contributed by atoms with Crippen LogP contribution in [0, 0.1) is 0 Å². The molecule has 0 radical (unpaired) electrons. The number of hydrogen-bond acceptors (Lipinski definition) is 5. The number of quaternary nitrogens is 1. The summed E-state index contributed by atoms with van der Waals surface area (Å²) in [5, 5.41) is 10.8. The number of nitrogens with zero attached hydrogens (tertiary/aromatic N) is 1. The summed E-state index contributed by atoms with van der Waals surface area (Å²) >= 11 is 0. The number of hydrogen-bond donors (Lipinski definition) is 3. The summed E-state index contributed by atoms with van der Waals surface area (Å²) in [6, 6.07) is 3.80. The molecule has 4 N–H and O–H groups in total. The van der Waals surface area contributed by atoms with Gasteiger partial charge < -0.3 is 4.42 Å². The molecular formula is C10H18N3O3S+. The van der Waals surface area contributed by atoms with Crippen molar-refractivity contribution in [1.82, 2.24) is 10.4 Å². The van der Waals surface area contributed by atoms with Crippen molar-refractivity contribution in [2.75, 3.05) is 18.1 Å². The Balaban J connectivity index is 1.83. The maximum Gasteiger partial charge on any atom is 0.326 e. The molecular weight excluding hydrogens is 242 g/mol. The third-order valence-corrected chi connectivity index (χ3v) is 4.28. The fourth-order valence-corrected chi connectivity index (χ4v) is 3.12. The summed E-state index contributed by atoms with van der Waals surface area (Å²) in [5.74, 6) is 2.64. The van der Waals surface area contributed by atoms with E-state index in [1.54, 1.807) is 6.07 Å². The SMILES string of the molecule is CC1CS(=O)CCN1NCc1ccc([NH2+]O)o1. The first-order chi connectivity index (χ1) is 8.19. The minimum Gasteiger partial charge on any atom is -0.414 e. The van der Waals surface area contributed by atoms with E-state index in [1.807, 2.05) is 6.07 Å². The lowest BCUT2D eigenvalue weighted by molar-refractivity contribution is -0.833. The molecule has 0 bridgehead atoms. The third-order valence-electron chi connectivity index (χ3n) is 2.79. The number of furan rings is 1. The highest BCUT2D eigenvalue weighted by molar-refractivity contribution is 7.85. The lowest BCUT2D eigenvalue weighted by Gasteiger charge is -2.32. The van der Waals surface area contributed by atoms with Crippen LogP contribution in [-0.2, 0) is 17.3 Å². The summed E-state index contributed by atoms with van der Waals surface area (Å²) in [6.45, 7) is 3.41. The van der Waals surface area contributed by atoms with E-state index >= 15 is 0 Å². The molecule has 1 aliphatic rings. The van der Waals surface area contributed by atoms with Crippen LogP contribution in [0.3, 0.4) is 0 Å². The molecule has 1 aliphatic heterocycles. The van der Waals surface area contributed by atoms with Gasteiger partial charge in [-0.1, -0.05) is 0 Å². The molecule has 7 heteroatoms. The van der Waals surface area contributed by atoms with Crippen molar-refractivity contribution in [2.45, 2.75) is 19.5 Å². The van der Waals surface area contributed by atoms with Crippen LogP contribution >= 0.6 is 0 Å². The van der Waals surface area contributed by atoms with E-state index < -0.39 is 10.8 Å². The molecule has 6 nitrogen and oxygen atoms in total. The Morgan fingerprint density at radius 2 is 2.53 bits per heavy atom. The maximum atomic E-state index is 11.3. The smallest absolute Gasteiger partial charge is 0.326 e. The maximum absolute atomic E-state index is 11.3. The first kappa shape index (κ1) is 12.7. The zero-order valence-electron chi connectivity index (χ0n) is 9.76. The third kappa shape index (κ3) is 3.36. The Bertz CT molecular complexity index is 396. The Morgan fingerprint density at radius 3 is 3.18 bits per heavy atom. The van der Waals surface area contributed by atoms with Gasteiger partial charge in [-0.05, 0) is 13.0 Å². The lowest BCUT2D eigenvalue weighted by atomic mass is 10.3. The molecule has 0 spiro atoms. The van der Waals surface area contributed by atoms with Crippen molar-refractivity contribution in [2.24, 2.45) is 0 Å². The molecule has 0 amide bonds. The highest BCUT2D eigenvalue weighted by Crippen LogP contribution is 2.10. The quantitative estimate of drug-likeness (QED) is 0.625. The fourth-order valence-electron chi connectivity index (χ4n) is 1.84. The van der Waals surface area contributed by atoms with Gasteiger partial charge in [-0.2, -0.15) is 0 Å². The van der Waals surface area contributed by atoms with Gasteiger partial charge in [-0.25, -0.2) is 15.6 Å². The van der Waals surface area contributed by atoms with Crippen LogP contribution in [0.4, 0.5) is 5.88 Å². The predicted octanol–water partition coefficient (Wildman–Crippen LogP) is -0.679. The Kier molecular flexibility index (Phi) is 4.30. The van der Waals surface area contributed by atoms with Gasteiger partial charge in [-0.15, -0.1) is 5.48 Å². The van der Waals surface area contributed by atoms with Gasteiger partial charge in [0.1, 0.15) is 5.76 Å². The molecule has 2 unspecified atom stereocenters. The standard InChI is InChI=1S/C10H17N3O3S/c1-8-7-17(15)5-4-13(8)11-6-9-2-3-10(12-14)16-9/h2-3,8,11-12,14H,4-7H2,1H3/p+1. The van der Waals surface area contributed by atoms with Crippen molar-refractivity contribution in [1.29, 1.82) is 0 Å². The van der Waals surface area contributed by atoms with Gasteiger partial charge in [0.25, 0.3) is 0 Å². The Morgan fingerprint density at radius 1 is 1.71 bits per heavy atom. The summed E-state index contributed by atoms with van der Waals surface area (Å²) < 4.78 is 16.7. The summed E-state index contributed by atoms with van der Waals surface area (Å²) in [7, 11) is -0.680. The van der Waals surface area contributed by atoms with Gasteiger partial charge in [0.05, 0.1) is 6.54 Å². The fraction of sp³-hybridized carbons (Fsp3) is 0.600. The van der Waals surface area contributed by atoms with Crippen molar-refractivity contribution in [3.63, 3.8) is 0 Å². The van der Waals surface area contributed by atoms with Crippen molar-refractivity contribution in [3.8, 4) is 0 Å². The summed E-state index contributed by atoms with van der Waals surface area (Å²) in [4.78, 5) is 0. The van der Waals surface area contributed by atoms with Crippen LogP contribution in [0.1, 0.15) is 12.7 Å². The van der Waals surface area contributed by atoms with E-state index in [9.17, 15) is 4.21 Å².